The molecular weight excluding hydrogens is 446 g/mol. The van der Waals surface area contributed by atoms with Crippen molar-refractivity contribution in [2.24, 2.45) is 0 Å². The van der Waals surface area contributed by atoms with E-state index < -0.39 is 17.2 Å². The molecule has 0 aliphatic rings. The molecule has 9 nitrogen and oxygen atoms in total. The summed E-state index contributed by atoms with van der Waals surface area (Å²) in [4.78, 5) is 42.1. The maximum absolute atomic E-state index is 13.3. The number of fused-ring (bicyclic) bond motifs is 1. The molecule has 0 saturated heterocycles. The highest BCUT2D eigenvalue weighted by Gasteiger charge is 2.24. The standard InChI is InChI=1S/C26H27N5O4/c1-35-14-13-30(22(32)16-28-21-12-11-19-9-5-6-10-20(19)15-21)23-24(27)31(26(34)29-25(23)33)17-18-7-3-2-4-8-18/h2-12,15,28H,13-14,16-17,27H2,1H3,(H,29,33,34). The molecule has 9 heteroatoms. The van der Waals surface area contributed by atoms with E-state index in [0.29, 0.717) is 0 Å². The second-order valence-electron chi connectivity index (χ2n) is 8.02. The van der Waals surface area contributed by atoms with Gasteiger partial charge >= 0.3 is 5.69 Å². The third-order valence-corrected chi connectivity index (χ3v) is 5.68. The molecule has 1 heterocycles. The number of rotatable bonds is 9. The van der Waals surface area contributed by atoms with Crippen molar-refractivity contribution in [1.29, 1.82) is 0 Å². The first-order valence-corrected chi connectivity index (χ1v) is 11.2. The average Bonchev–Trinajstić information content (AvgIpc) is 2.87. The monoisotopic (exact) mass is 473 g/mol. The maximum atomic E-state index is 13.3. The SMILES string of the molecule is COCCN(C(=O)CNc1ccc2ccccc2c1)c1c(N)n(Cc2ccccc2)c(=O)[nH]c1=O. The van der Waals surface area contributed by atoms with Crippen molar-refractivity contribution < 1.29 is 9.53 Å². The molecule has 35 heavy (non-hydrogen) atoms. The molecule has 4 N–H and O–H groups in total. The van der Waals surface area contributed by atoms with Crippen LogP contribution < -0.4 is 27.2 Å². The lowest BCUT2D eigenvalue weighted by Crippen LogP contribution is -2.44. The number of aromatic amines is 1. The van der Waals surface area contributed by atoms with Crippen LogP contribution in [0.1, 0.15) is 5.56 Å². The smallest absolute Gasteiger partial charge is 0.330 e. The molecular formula is C26H27N5O4. The molecule has 0 aliphatic carbocycles. The Balaban J connectivity index is 1.62. The molecule has 0 aliphatic heterocycles. The number of carbonyl (C=O) groups is 1. The van der Waals surface area contributed by atoms with Crippen molar-refractivity contribution in [3.05, 3.63) is 99.2 Å². The van der Waals surface area contributed by atoms with Crippen molar-refractivity contribution >= 4 is 33.9 Å². The van der Waals surface area contributed by atoms with Crippen LogP contribution in [0.25, 0.3) is 10.8 Å². The number of nitrogens with two attached hydrogens (primary N) is 1. The number of ether oxygens (including phenoxy) is 1. The van der Waals surface area contributed by atoms with Gasteiger partial charge in [0, 0.05) is 19.3 Å². The van der Waals surface area contributed by atoms with Gasteiger partial charge in [0.1, 0.15) is 5.82 Å². The van der Waals surface area contributed by atoms with Gasteiger partial charge in [0.05, 0.1) is 19.7 Å². The van der Waals surface area contributed by atoms with Crippen LogP contribution in [0.3, 0.4) is 0 Å². The summed E-state index contributed by atoms with van der Waals surface area (Å²) in [5.41, 5.74) is 6.43. The minimum absolute atomic E-state index is 0.0807. The summed E-state index contributed by atoms with van der Waals surface area (Å²) in [5.74, 6) is -0.477. The van der Waals surface area contributed by atoms with Gasteiger partial charge in [-0.1, -0.05) is 60.7 Å². The number of methoxy groups -OCH3 is 1. The van der Waals surface area contributed by atoms with Crippen molar-refractivity contribution in [3.63, 3.8) is 0 Å². The van der Waals surface area contributed by atoms with Crippen molar-refractivity contribution in [1.82, 2.24) is 9.55 Å². The summed E-state index contributed by atoms with van der Waals surface area (Å²) >= 11 is 0. The quantitative estimate of drug-likeness (QED) is 0.343. The molecule has 0 bridgehead atoms. The minimum atomic E-state index is -0.730. The van der Waals surface area contributed by atoms with E-state index in [4.69, 9.17) is 10.5 Å². The zero-order chi connectivity index (χ0) is 24.8. The molecule has 0 atom stereocenters. The van der Waals surface area contributed by atoms with Gasteiger partial charge < -0.3 is 20.7 Å². The Hall–Kier alpha value is -4.37. The number of anilines is 3. The van der Waals surface area contributed by atoms with E-state index >= 15 is 0 Å². The van der Waals surface area contributed by atoms with Crippen molar-refractivity contribution in [3.8, 4) is 0 Å². The van der Waals surface area contributed by atoms with Crippen LogP contribution in [0, 0.1) is 0 Å². The summed E-state index contributed by atoms with van der Waals surface area (Å²) in [6.45, 7) is 0.333. The number of nitrogens with one attached hydrogen (secondary N) is 2. The number of carbonyl (C=O) groups excluding carboxylic acids is 1. The van der Waals surface area contributed by atoms with E-state index in [0.717, 1.165) is 22.0 Å². The molecule has 0 spiro atoms. The number of hydrogen-bond donors (Lipinski definition) is 3. The topological polar surface area (TPSA) is 122 Å². The van der Waals surface area contributed by atoms with Crippen LogP contribution in [-0.4, -0.2) is 42.3 Å². The molecule has 0 unspecified atom stereocenters. The molecule has 3 aromatic carbocycles. The zero-order valence-electron chi connectivity index (χ0n) is 19.4. The van der Waals surface area contributed by atoms with Crippen LogP contribution in [0.5, 0.6) is 0 Å². The Morgan fingerprint density at radius 3 is 2.49 bits per heavy atom. The van der Waals surface area contributed by atoms with Crippen LogP contribution >= 0.6 is 0 Å². The number of nitrogens with zero attached hydrogens (tertiary/aromatic N) is 2. The lowest BCUT2D eigenvalue weighted by Gasteiger charge is -2.24. The number of nitrogen functional groups attached to an aromatic ring is 1. The molecule has 1 aromatic heterocycles. The van der Waals surface area contributed by atoms with Gasteiger partial charge in [-0.2, -0.15) is 0 Å². The van der Waals surface area contributed by atoms with Crippen LogP contribution in [0.4, 0.5) is 17.2 Å². The largest absolute Gasteiger partial charge is 0.383 e. The zero-order valence-corrected chi connectivity index (χ0v) is 19.4. The summed E-state index contributed by atoms with van der Waals surface area (Å²) in [7, 11) is 1.50. The number of hydrogen-bond acceptors (Lipinski definition) is 6. The predicted octanol–water partition coefficient (Wildman–Crippen LogP) is 2.41. The first-order chi connectivity index (χ1) is 17.0. The van der Waals surface area contributed by atoms with E-state index in [-0.39, 0.29) is 37.7 Å². The molecule has 0 fully saturated rings. The van der Waals surface area contributed by atoms with Gasteiger partial charge in [-0.3, -0.25) is 19.1 Å². The van der Waals surface area contributed by atoms with Crippen LogP contribution in [0.2, 0.25) is 0 Å². The fraction of sp³-hybridized carbons (Fsp3) is 0.192. The minimum Gasteiger partial charge on any atom is -0.383 e. The summed E-state index contributed by atoms with van der Waals surface area (Å²) in [5, 5.41) is 5.24. The second-order valence-corrected chi connectivity index (χ2v) is 8.02. The Morgan fingerprint density at radius 1 is 1.03 bits per heavy atom. The van der Waals surface area contributed by atoms with Gasteiger partial charge in [0.2, 0.25) is 5.91 Å². The van der Waals surface area contributed by atoms with Crippen LogP contribution in [0.15, 0.2) is 82.4 Å². The van der Waals surface area contributed by atoms with Crippen molar-refractivity contribution in [2.75, 3.05) is 42.8 Å². The number of aromatic nitrogens is 2. The van der Waals surface area contributed by atoms with Crippen LogP contribution in [-0.2, 0) is 16.1 Å². The Morgan fingerprint density at radius 2 is 1.74 bits per heavy atom. The summed E-state index contributed by atoms with van der Waals surface area (Å²) in [6, 6.07) is 22.9. The summed E-state index contributed by atoms with van der Waals surface area (Å²) < 4.78 is 6.39. The van der Waals surface area contributed by atoms with Gasteiger partial charge in [-0.15, -0.1) is 0 Å². The normalized spacial score (nSPS) is 10.9. The summed E-state index contributed by atoms with van der Waals surface area (Å²) in [6.07, 6.45) is 0. The molecule has 0 saturated carbocycles. The van der Waals surface area contributed by atoms with Gasteiger partial charge in [0.25, 0.3) is 5.56 Å². The Kier molecular flexibility index (Phi) is 7.27. The van der Waals surface area contributed by atoms with E-state index in [1.165, 1.54) is 16.6 Å². The predicted molar refractivity (Wildman–Crippen MR) is 138 cm³/mol. The van der Waals surface area contributed by atoms with Crippen molar-refractivity contribution in [2.45, 2.75) is 6.54 Å². The van der Waals surface area contributed by atoms with E-state index in [2.05, 4.69) is 10.3 Å². The highest BCUT2D eigenvalue weighted by molar-refractivity contribution is 5.98. The lowest BCUT2D eigenvalue weighted by atomic mass is 10.1. The molecule has 4 aromatic rings. The number of benzene rings is 3. The molecule has 4 rings (SSSR count). The van der Waals surface area contributed by atoms with E-state index in [9.17, 15) is 14.4 Å². The average molecular weight is 474 g/mol. The first kappa shape index (κ1) is 23.8. The molecule has 180 valence electrons. The van der Waals surface area contributed by atoms with E-state index in [1.807, 2.05) is 72.8 Å². The highest BCUT2D eigenvalue weighted by atomic mass is 16.5. The van der Waals surface area contributed by atoms with E-state index in [1.54, 1.807) is 0 Å². The van der Waals surface area contributed by atoms with Gasteiger partial charge in [-0.25, -0.2) is 4.79 Å². The third kappa shape index (κ3) is 5.42. The van der Waals surface area contributed by atoms with Gasteiger partial charge in [0.15, 0.2) is 5.69 Å². The number of amides is 1. The molecule has 1 amide bonds. The molecule has 0 radical (unpaired) electrons. The Bertz CT molecular complexity index is 1450. The number of H-pyrrole nitrogens is 1. The first-order valence-electron chi connectivity index (χ1n) is 11.2. The lowest BCUT2D eigenvalue weighted by molar-refractivity contribution is -0.117. The second kappa shape index (κ2) is 10.7. The third-order valence-electron chi connectivity index (χ3n) is 5.68. The fourth-order valence-electron chi connectivity index (χ4n) is 3.88. The fourth-order valence-corrected chi connectivity index (χ4v) is 3.88. The highest BCUT2D eigenvalue weighted by Crippen LogP contribution is 2.20. The maximum Gasteiger partial charge on any atom is 0.330 e. The Labute approximate surface area is 201 Å². The van der Waals surface area contributed by atoms with Gasteiger partial charge in [-0.05, 0) is 28.5 Å².